The molecular formula is C15H20. The molecule has 2 aliphatic rings. The van der Waals surface area contributed by atoms with Gasteiger partial charge in [0.15, 0.2) is 0 Å². The fourth-order valence-corrected chi connectivity index (χ4v) is 2.47. The highest BCUT2D eigenvalue weighted by atomic mass is 14.4. The lowest BCUT2D eigenvalue weighted by Gasteiger charge is -2.27. The van der Waals surface area contributed by atoms with Crippen LogP contribution in [0, 0.1) is 17.3 Å². The highest BCUT2D eigenvalue weighted by molar-refractivity contribution is 5.29. The lowest BCUT2D eigenvalue weighted by molar-refractivity contribution is 0.338. The average molecular weight is 200 g/mol. The number of rotatable bonds is 0. The van der Waals surface area contributed by atoms with Crippen LogP contribution >= 0.6 is 0 Å². The summed E-state index contributed by atoms with van der Waals surface area (Å²) < 4.78 is 0. The Hall–Kier alpha value is -1.04. The van der Waals surface area contributed by atoms with Gasteiger partial charge in [0.25, 0.3) is 0 Å². The van der Waals surface area contributed by atoms with Gasteiger partial charge in [-0.1, -0.05) is 62.0 Å². The summed E-state index contributed by atoms with van der Waals surface area (Å²) >= 11 is 0. The molecule has 0 N–H and O–H groups in total. The molecule has 0 heterocycles. The van der Waals surface area contributed by atoms with Crippen molar-refractivity contribution in [3.8, 4) is 0 Å². The molecule has 2 unspecified atom stereocenters. The maximum Gasteiger partial charge on any atom is 0.00671 e. The van der Waals surface area contributed by atoms with Crippen LogP contribution in [-0.4, -0.2) is 0 Å². The molecule has 2 rings (SSSR count). The zero-order valence-corrected chi connectivity index (χ0v) is 9.90. The number of hydrogen-bond acceptors (Lipinski definition) is 0. The van der Waals surface area contributed by atoms with E-state index in [-0.39, 0.29) is 5.41 Å². The second kappa shape index (κ2) is 3.84. The fraction of sp³-hybridized carbons (Fsp3) is 0.467. The second-order valence-electron chi connectivity index (χ2n) is 5.04. The SMILES string of the molecule is CC1=C/C2C=C[C@](C)(/C=C\C/C=C\1)C2C. The van der Waals surface area contributed by atoms with Gasteiger partial charge in [0.05, 0.1) is 0 Å². The first-order valence-corrected chi connectivity index (χ1v) is 5.84. The van der Waals surface area contributed by atoms with E-state index in [1.807, 2.05) is 0 Å². The zero-order valence-electron chi connectivity index (χ0n) is 9.90. The summed E-state index contributed by atoms with van der Waals surface area (Å²) in [6.07, 6.45) is 17.3. The van der Waals surface area contributed by atoms with Gasteiger partial charge in [0.1, 0.15) is 0 Å². The third-order valence-corrected chi connectivity index (χ3v) is 3.82. The van der Waals surface area contributed by atoms with Crippen LogP contribution in [0.15, 0.2) is 48.1 Å². The van der Waals surface area contributed by atoms with Gasteiger partial charge in [0.2, 0.25) is 0 Å². The topological polar surface area (TPSA) is 0 Å². The minimum Gasteiger partial charge on any atom is -0.0839 e. The van der Waals surface area contributed by atoms with E-state index in [2.05, 4.69) is 63.3 Å². The van der Waals surface area contributed by atoms with E-state index < -0.39 is 0 Å². The average Bonchev–Trinajstić information content (AvgIpc) is 2.46. The Morgan fingerprint density at radius 3 is 2.87 bits per heavy atom. The molecule has 0 aliphatic heterocycles. The third kappa shape index (κ3) is 1.99. The molecule has 3 atom stereocenters. The molecule has 0 radical (unpaired) electrons. The Morgan fingerprint density at radius 1 is 1.27 bits per heavy atom. The van der Waals surface area contributed by atoms with Crippen molar-refractivity contribution in [1.82, 2.24) is 0 Å². The van der Waals surface area contributed by atoms with E-state index in [1.54, 1.807) is 0 Å². The van der Waals surface area contributed by atoms with Crippen molar-refractivity contribution in [3.63, 3.8) is 0 Å². The van der Waals surface area contributed by atoms with Crippen molar-refractivity contribution in [1.29, 1.82) is 0 Å². The standard InChI is InChI=1S/C15H20/c1-12-7-5-4-6-9-15(3)10-8-14(11-12)13(15)2/h5-11,13-14H,4H2,1-3H3/b7-5-,9-6-,12-11-/t13?,14?,15-/m0/s1. The van der Waals surface area contributed by atoms with Gasteiger partial charge in [-0.15, -0.1) is 0 Å². The second-order valence-corrected chi connectivity index (χ2v) is 5.04. The van der Waals surface area contributed by atoms with Gasteiger partial charge in [-0.2, -0.15) is 0 Å². The van der Waals surface area contributed by atoms with Crippen molar-refractivity contribution in [2.75, 3.05) is 0 Å². The van der Waals surface area contributed by atoms with E-state index in [0.717, 1.165) is 6.42 Å². The predicted octanol–water partition coefficient (Wildman–Crippen LogP) is 4.28. The van der Waals surface area contributed by atoms with E-state index in [4.69, 9.17) is 0 Å². The van der Waals surface area contributed by atoms with Crippen LogP contribution in [0.3, 0.4) is 0 Å². The zero-order chi connectivity index (χ0) is 10.9. The summed E-state index contributed by atoms with van der Waals surface area (Å²) in [5, 5.41) is 0. The van der Waals surface area contributed by atoms with Gasteiger partial charge in [-0.3, -0.25) is 0 Å². The van der Waals surface area contributed by atoms with Gasteiger partial charge < -0.3 is 0 Å². The minimum absolute atomic E-state index is 0.257. The van der Waals surface area contributed by atoms with Crippen LogP contribution in [0.2, 0.25) is 0 Å². The van der Waals surface area contributed by atoms with E-state index in [9.17, 15) is 0 Å². The molecule has 0 fully saturated rings. The van der Waals surface area contributed by atoms with Crippen LogP contribution in [0.1, 0.15) is 27.2 Å². The smallest absolute Gasteiger partial charge is 0.00671 e. The maximum absolute atomic E-state index is 2.39. The summed E-state index contributed by atoms with van der Waals surface area (Å²) in [6.45, 7) is 6.88. The van der Waals surface area contributed by atoms with Crippen LogP contribution in [0.5, 0.6) is 0 Å². The van der Waals surface area contributed by atoms with E-state index in [0.29, 0.717) is 11.8 Å². The van der Waals surface area contributed by atoms with Crippen molar-refractivity contribution >= 4 is 0 Å². The number of fused-ring (bicyclic) bond motifs is 2. The normalized spacial score (nSPS) is 47.0. The number of hydrogen-bond donors (Lipinski definition) is 0. The largest absolute Gasteiger partial charge is 0.0839 e. The van der Waals surface area contributed by atoms with Crippen LogP contribution in [0.25, 0.3) is 0 Å². The fourth-order valence-electron chi connectivity index (χ4n) is 2.47. The van der Waals surface area contributed by atoms with Crippen LogP contribution in [-0.2, 0) is 0 Å². The molecule has 0 aromatic carbocycles. The highest BCUT2D eigenvalue weighted by Crippen LogP contribution is 2.43. The molecule has 0 aromatic rings. The number of allylic oxidation sites excluding steroid dienone is 8. The molecule has 0 spiro atoms. The van der Waals surface area contributed by atoms with Crippen molar-refractivity contribution < 1.29 is 0 Å². The van der Waals surface area contributed by atoms with Crippen LogP contribution < -0.4 is 0 Å². The van der Waals surface area contributed by atoms with Gasteiger partial charge in [-0.05, 0) is 25.2 Å². The predicted molar refractivity (Wildman–Crippen MR) is 66.6 cm³/mol. The van der Waals surface area contributed by atoms with Crippen molar-refractivity contribution in [3.05, 3.63) is 48.1 Å². The monoisotopic (exact) mass is 200 g/mol. The van der Waals surface area contributed by atoms with Crippen molar-refractivity contribution in [2.45, 2.75) is 27.2 Å². The van der Waals surface area contributed by atoms with Crippen molar-refractivity contribution in [2.24, 2.45) is 17.3 Å². The molecule has 0 saturated heterocycles. The molecule has 0 aromatic heterocycles. The maximum atomic E-state index is 2.39. The summed E-state index contributed by atoms with van der Waals surface area (Å²) in [7, 11) is 0. The van der Waals surface area contributed by atoms with Gasteiger partial charge in [0, 0.05) is 5.41 Å². The molecule has 0 nitrogen and oxygen atoms in total. The molecule has 0 heteroatoms. The Balaban J connectivity index is 2.38. The molecule has 0 saturated carbocycles. The molecule has 0 amide bonds. The molecular weight excluding hydrogens is 180 g/mol. The van der Waals surface area contributed by atoms with E-state index in [1.165, 1.54) is 5.57 Å². The highest BCUT2D eigenvalue weighted by Gasteiger charge is 2.34. The molecule has 2 aliphatic carbocycles. The Morgan fingerprint density at radius 2 is 2.07 bits per heavy atom. The first-order valence-electron chi connectivity index (χ1n) is 5.84. The van der Waals surface area contributed by atoms with Gasteiger partial charge in [-0.25, -0.2) is 0 Å². The summed E-state index contributed by atoms with van der Waals surface area (Å²) in [4.78, 5) is 0. The Kier molecular flexibility index (Phi) is 2.68. The molecule has 80 valence electrons. The van der Waals surface area contributed by atoms with E-state index >= 15 is 0 Å². The summed E-state index contributed by atoms with van der Waals surface area (Å²) in [5.74, 6) is 1.28. The summed E-state index contributed by atoms with van der Waals surface area (Å²) in [5.41, 5.74) is 1.64. The lowest BCUT2D eigenvalue weighted by atomic mass is 9.76. The first kappa shape index (κ1) is 10.5. The third-order valence-electron chi connectivity index (χ3n) is 3.82. The van der Waals surface area contributed by atoms with Gasteiger partial charge >= 0.3 is 0 Å². The Bertz CT molecular complexity index is 354. The molecule has 15 heavy (non-hydrogen) atoms. The molecule has 2 bridgehead atoms. The first-order chi connectivity index (χ1) is 7.12. The quantitative estimate of drug-likeness (QED) is 0.512. The Labute approximate surface area is 93.1 Å². The lowest BCUT2D eigenvalue weighted by Crippen LogP contribution is -2.20. The summed E-state index contributed by atoms with van der Waals surface area (Å²) in [6, 6.07) is 0. The van der Waals surface area contributed by atoms with Crippen LogP contribution in [0.4, 0.5) is 0 Å². The minimum atomic E-state index is 0.257.